The molecule has 140 valence electrons. The van der Waals surface area contributed by atoms with Gasteiger partial charge in [0.15, 0.2) is 0 Å². The summed E-state index contributed by atoms with van der Waals surface area (Å²) in [5.41, 5.74) is 2.23. The van der Waals surface area contributed by atoms with Gasteiger partial charge >= 0.3 is 5.97 Å². The molecule has 6 heteroatoms. The molecule has 3 rings (SSSR count). The lowest BCUT2D eigenvalue weighted by molar-refractivity contribution is -0.140. The average Bonchev–Trinajstić information content (AvgIpc) is 2.70. The summed E-state index contributed by atoms with van der Waals surface area (Å²) < 4.78 is 0. The quantitative estimate of drug-likeness (QED) is 0.853. The van der Waals surface area contributed by atoms with Crippen LogP contribution in [0.1, 0.15) is 29.3 Å². The molecular weight excluding hydrogens is 362 g/mol. The summed E-state index contributed by atoms with van der Waals surface area (Å²) in [7, 11) is 0. The molecule has 2 aromatic carbocycles. The minimum atomic E-state index is -1.00. The Balaban J connectivity index is 1.74. The summed E-state index contributed by atoms with van der Waals surface area (Å²) in [5.74, 6) is -1.44. The molecule has 0 saturated carbocycles. The maximum Gasteiger partial charge on any atom is 0.326 e. The van der Waals surface area contributed by atoms with Crippen molar-refractivity contribution >= 4 is 34.4 Å². The number of fused-ring (bicyclic) bond motifs is 1. The Morgan fingerprint density at radius 2 is 1.78 bits per heavy atom. The molecular formula is C21H21NO4S. The van der Waals surface area contributed by atoms with Crippen LogP contribution in [0, 0.1) is 5.92 Å². The van der Waals surface area contributed by atoms with Crippen molar-refractivity contribution in [3.05, 3.63) is 65.7 Å². The second kappa shape index (κ2) is 8.39. The molecule has 0 saturated heterocycles. The molecule has 0 spiro atoms. The predicted octanol–water partition coefficient (Wildman–Crippen LogP) is 3.63. The van der Waals surface area contributed by atoms with Gasteiger partial charge in [-0.2, -0.15) is 0 Å². The van der Waals surface area contributed by atoms with Gasteiger partial charge in [-0.3, -0.25) is 14.5 Å². The summed E-state index contributed by atoms with van der Waals surface area (Å²) in [6.45, 7) is 1.74. The first-order valence-electron chi connectivity index (χ1n) is 8.85. The second-order valence-corrected chi connectivity index (χ2v) is 7.59. The first-order chi connectivity index (χ1) is 13.0. The topological polar surface area (TPSA) is 74.7 Å². The van der Waals surface area contributed by atoms with Crippen LogP contribution in [0.5, 0.6) is 0 Å². The number of hydrogen-bond donors (Lipinski definition) is 1. The van der Waals surface area contributed by atoms with Crippen molar-refractivity contribution in [2.45, 2.75) is 25.8 Å². The average molecular weight is 383 g/mol. The molecule has 1 aliphatic rings. The van der Waals surface area contributed by atoms with E-state index in [4.69, 9.17) is 0 Å². The first-order valence-corrected chi connectivity index (χ1v) is 9.83. The van der Waals surface area contributed by atoms with E-state index in [1.807, 2.05) is 24.3 Å². The SMILES string of the molecule is C[C@H](CSC(=O)c1ccccc1)C(=O)N1c2ccccc2CC[C@H]1C(=O)O. The van der Waals surface area contributed by atoms with Gasteiger partial charge in [0.1, 0.15) is 6.04 Å². The fourth-order valence-electron chi connectivity index (χ4n) is 3.22. The van der Waals surface area contributed by atoms with Crippen LogP contribution in [0.3, 0.4) is 0 Å². The Kier molecular flexibility index (Phi) is 5.96. The van der Waals surface area contributed by atoms with E-state index in [1.54, 1.807) is 37.3 Å². The van der Waals surface area contributed by atoms with Gasteiger partial charge in [0.2, 0.25) is 11.0 Å². The maximum atomic E-state index is 13.1. The van der Waals surface area contributed by atoms with Gasteiger partial charge in [0, 0.05) is 22.9 Å². The molecule has 1 heterocycles. The van der Waals surface area contributed by atoms with Crippen molar-refractivity contribution in [1.82, 2.24) is 0 Å². The largest absolute Gasteiger partial charge is 0.480 e. The molecule has 1 amide bonds. The normalized spacial score (nSPS) is 17.1. The molecule has 2 aromatic rings. The van der Waals surface area contributed by atoms with E-state index >= 15 is 0 Å². The Bertz CT molecular complexity index is 852. The van der Waals surface area contributed by atoms with Crippen LogP contribution in [-0.4, -0.2) is 33.9 Å². The van der Waals surface area contributed by atoms with Gasteiger partial charge in [0.25, 0.3) is 0 Å². The third-order valence-electron chi connectivity index (χ3n) is 4.67. The highest BCUT2D eigenvalue weighted by Crippen LogP contribution is 2.32. The molecule has 0 unspecified atom stereocenters. The number of hydrogen-bond acceptors (Lipinski definition) is 4. The lowest BCUT2D eigenvalue weighted by atomic mass is 9.94. The fraction of sp³-hybridized carbons (Fsp3) is 0.286. The number of rotatable bonds is 5. The number of thioether (sulfide) groups is 1. The molecule has 0 aromatic heterocycles. The van der Waals surface area contributed by atoms with Gasteiger partial charge < -0.3 is 5.11 Å². The van der Waals surface area contributed by atoms with Crippen molar-refractivity contribution in [2.75, 3.05) is 10.7 Å². The summed E-state index contributed by atoms with van der Waals surface area (Å²) in [6.07, 6.45) is 1.02. The number of carbonyl (C=O) groups excluding carboxylic acids is 2. The molecule has 0 bridgehead atoms. The van der Waals surface area contributed by atoms with E-state index in [-0.39, 0.29) is 11.0 Å². The number of para-hydroxylation sites is 1. The number of nitrogens with zero attached hydrogens (tertiary/aromatic N) is 1. The van der Waals surface area contributed by atoms with Crippen LogP contribution < -0.4 is 4.90 Å². The summed E-state index contributed by atoms with van der Waals surface area (Å²) >= 11 is 1.09. The molecule has 2 atom stereocenters. The first kappa shape index (κ1) is 19.2. The van der Waals surface area contributed by atoms with E-state index in [0.717, 1.165) is 17.3 Å². The van der Waals surface area contributed by atoms with Gasteiger partial charge in [-0.05, 0) is 24.5 Å². The zero-order chi connectivity index (χ0) is 19.4. The van der Waals surface area contributed by atoms with Gasteiger partial charge in [0.05, 0.1) is 0 Å². The van der Waals surface area contributed by atoms with E-state index in [0.29, 0.717) is 29.8 Å². The minimum Gasteiger partial charge on any atom is -0.480 e. The van der Waals surface area contributed by atoms with Crippen LogP contribution in [-0.2, 0) is 16.0 Å². The van der Waals surface area contributed by atoms with Crippen LogP contribution in [0.15, 0.2) is 54.6 Å². The molecule has 5 nitrogen and oxygen atoms in total. The Labute approximate surface area is 162 Å². The third-order valence-corrected chi connectivity index (χ3v) is 5.83. The lowest BCUT2D eigenvalue weighted by Gasteiger charge is -2.36. The number of anilines is 1. The highest BCUT2D eigenvalue weighted by molar-refractivity contribution is 8.14. The Hall–Kier alpha value is -2.60. The molecule has 27 heavy (non-hydrogen) atoms. The van der Waals surface area contributed by atoms with E-state index < -0.39 is 17.9 Å². The smallest absolute Gasteiger partial charge is 0.326 e. The molecule has 0 aliphatic carbocycles. The second-order valence-electron chi connectivity index (χ2n) is 6.60. The van der Waals surface area contributed by atoms with Gasteiger partial charge in [-0.1, -0.05) is 67.2 Å². The minimum absolute atomic E-state index is 0.0934. The van der Waals surface area contributed by atoms with Crippen LogP contribution in [0.2, 0.25) is 0 Å². The van der Waals surface area contributed by atoms with E-state index in [9.17, 15) is 19.5 Å². The van der Waals surface area contributed by atoms with Gasteiger partial charge in [-0.15, -0.1) is 0 Å². The summed E-state index contributed by atoms with van der Waals surface area (Å²) in [4.78, 5) is 38.4. The number of carboxylic acid groups (broad SMARTS) is 1. The zero-order valence-corrected chi connectivity index (χ0v) is 15.8. The molecule has 0 fully saturated rings. The zero-order valence-electron chi connectivity index (χ0n) is 15.0. The highest BCUT2D eigenvalue weighted by Gasteiger charge is 2.37. The molecule has 1 N–H and O–H groups in total. The van der Waals surface area contributed by atoms with Gasteiger partial charge in [-0.25, -0.2) is 4.79 Å². The summed E-state index contributed by atoms with van der Waals surface area (Å²) in [5, 5.41) is 9.49. The monoisotopic (exact) mass is 383 g/mol. The predicted molar refractivity (Wildman–Crippen MR) is 106 cm³/mol. The third kappa shape index (κ3) is 4.22. The Morgan fingerprint density at radius 3 is 2.48 bits per heavy atom. The van der Waals surface area contributed by atoms with Crippen molar-refractivity contribution in [3.63, 3.8) is 0 Å². The maximum absolute atomic E-state index is 13.1. The number of carboxylic acids is 1. The fourth-order valence-corrected chi connectivity index (χ4v) is 4.07. The van der Waals surface area contributed by atoms with Crippen LogP contribution >= 0.6 is 11.8 Å². The molecule has 0 radical (unpaired) electrons. The summed E-state index contributed by atoms with van der Waals surface area (Å²) in [6, 6.07) is 15.4. The van der Waals surface area contributed by atoms with Crippen LogP contribution in [0.25, 0.3) is 0 Å². The number of amides is 1. The van der Waals surface area contributed by atoms with Crippen molar-refractivity contribution in [3.8, 4) is 0 Å². The number of aliphatic carboxylic acids is 1. The van der Waals surface area contributed by atoms with E-state index in [2.05, 4.69) is 0 Å². The standard InChI is InChI=1S/C21H21NO4S/c1-14(13-27-21(26)16-8-3-2-4-9-16)19(23)22-17-10-6-5-7-15(17)11-12-18(22)20(24)25/h2-10,14,18H,11-13H2,1H3,(H,24,25)/t14-,18+/m1/s1. The number of carbonyl (C=O) groups is 3. The van der Waals surface area contributed by atoms with Crippen LogP contribution in [0.4, 0.5) is 5.69 Å². The highest BCUT2D eigenvalue weighted by atomic mass is 32.2. The lowest BCUT2D eigenvalue weighted by Crippen LogP contribution is -2.50. The number of benzene rings is 2. The number of aryl methyl sites for hydroxylation is 1. The van der Waals surface area contributed by atoms with E-state index in [1.165, 1.54) is 4.90 Å². The van der Waals surface area contributed by atoms with Crippen molar-refractivity contribution in [2.24, 2.45) is 5.92 Å². The molecule has 1 aliphatic heterocycles. The van der Waals surface area contributed by atoms with Crippen molar-refractivity contribution in [1.29, 1.82) is 0 Å². The Morgan fingerprint density at radius 1 is 1.11 bits per heavy atom. The van der Waals surface area contributed by atoms with Crippen molar-refractivity contribution < 1.29 is 19.5 Å².